The fraction of sp³-hybridized carbons (Fsp3) is 0.211. The van der Waals surface area contributed by atoms with Gasteiger partial charge >= 0.3 is 0 Å². The first-order chi connectivity index (χ1) is 12.6. The zero-order valence-electron chi connectivity index (χ0n) is 14.0. The molecule has 0 spiro atoms. The largest absolute Gasteiger partial charge is 0.376 e. The van der Waals surface area contributed by atoms with Gasteiger partial charge in [0.05, 0.1) is 17.1 Å². The molecule has 0 saturated carbocycles. The molecule has 0 unspecified atom stereocenters. The number of rotatable bonds is 5. The maximum absolute atomic E-state index is 12.1. The number of anilines is 3. The van der Waals surface area contributed by atoms with E-state index in [4.69, 9.17) is 16.9 Å². The average Bonchev–Trinajstić information content (AvgIpc) is 3.07. The first-order valence-corrected chi connectivity index (χ1v) is 8.58. The lowest BCUT2D eigenvalue weighted by Gasteiger charge is -2.16. The van der Waals surface area contributed by atoms with Gasteiger partial charge in [-0.25, -0.2) is 0 Å². The summed E-state index contributed by atoms with van der Waals surface area (Å²) < 4.78 is 0. The highest BCUT2D eigenvalue weighted by Gasteiger charge is 2.21. The quantitative estimate of drug-likeness (QED) is 0.847. The van der Waals surface area contributed by atoms with Crippen molar-refractivity contribution in [1.29, 1.82) is 5.26 Å². The van der Waals surface area contributed by atoms with Crippen molar-refractivity contribution < 1.29 is 9.59 Å². The lowest BCUT2D eigenvalue weighted by Crippen LogP contribution is -2.24. The van der Waals surface area contributed by atoms with Crippen LogP contribution in [0.4, 0.5) is 17.1 Å². The van der Waals surface area contributed by atoms with Crippen LogP contribution in [0.2, 0.25) is 5.02 Å². The summed E-state index contributed by atoms with van der Waals surface area (Å²) in [6.07, 6.45) is 1.46. The van der Waals surface area contributed by atoms with E-state index in [0.29, 0.717) is 28.4 Å². The molecule has 2 aromatic carbocycles. The highest BCUT2D eigenvalue weighted by atomic mass is 35.5. The molecule has 2 aromatic rings. The lowest BCUT2D eigenvalue weighted by atomic mass is 10.2. The molecule has 7 heteroatoms. The van der Waals surface area contributed by atoms with Crippen molar-refractivity contribution in [2.24, 2.45) is 0 Å². The predicted molar refractivity (Wildman–Crippen MR) is 101 cm³/mol. The van der Waals surface area contributed by atoms with Crippen molar-refractivity contribution >= 4 is 40.5 Å². The zero-order valence-corrected chi connectivity index (χ0v) is 14.7. The van der Waals surface area contributed by atoms with Crippen LogP contribution in [0.5, 0.6) is 0 Å². The fourth-order valence-electron chi connectivity index (χ4n) is 2.75. The maximum atomic E-state index is 12.1. The molecule has 132 valence electrons. The van der Waals surface area contributed by atoms with Crippen molar-refractivity contribution in [3.8, 4) is 6.07 Å². The molecule has 2 N–H and O–H groups in total. The van der Waals surface area contributed by atoms with Gasteiger partial charge in [0.1, 0.15) is 6.07 Å². The third kappa shape index (κ3) is 4.13. The molecular formula is C19H17ClN4O2. The number of hydrogen-bond acceptors (Lipinski definition) is 4. The van der Waals surface area contributed by atoms with Crippen LogP contribution in [0.15, 0.2) is 42.5 Å². The number of amides is 2. The number of benzene rings is 2. The summed E-state index contributed by atoms with van der Waals surface area (Å²) >= 11 is 5.88. The second-order valence-corrected chi connectivity index (χ2v) is 6.31. The Balaban J connectivity index is 1.55. The highest BCUT2D eigenvalue weighted by molar-refractivity contribution is 6.31. The van der Waals surface area contributed by atoms with Gasteiger partial charge in [-0.05, 0) is 48.9 Å². The van der Waals surface area contributed by atoms with Crippen LogP contribution >= 0.6 is 11.6 Å². The summed E-state index contributed by atoms with van der Waals surface area (Å²) in [4.78, 5) is 25.6. The fourth-order valence-corrected chi connectivity index (χ4v) is 2.91. The van der Waals surface area contributed by atoms with Gasteiger partial charge in [0.2, 0.25) is 11.8 Å². The van der Waals surface area contributed by atoms with Crippen molar-refractivity contribution in [3.05, 3.63) is 53.1 Å². The lowest BCUT2D eigenvalue weighted by molar-refractivity contribution is -0.117. The molecule has 0 atom stereocenters. The SMILES string of the molecule is N#Cc1cc(NCC(=O)Nc2ccc(N3CCCC3=O)cc2)ccc1Cl. The minimum Gasteiger partial charge on any atom is -0.376 e. The number of halogens is 1. The Morgan fingerprint density at radius 2 is 1.92 bits per heavy atom. The molecule has 0 bridgehead atoms. The number of nitrogens with zero attached hydrogens (tertiary/aromatic N) is 2. The van der Waals surface area contributed by atoms with E-state index in [9.17, 15) is 9.59 Å². The number of carbonyl (C=O) groups excluding carboxylic acids is 2. The smallest absolute Gasteiger partial charge is 0.243 e. The van der Waals surface area contributed by atoms with E-state index in [-0.39, 0.29) is 18.4 Å². The topological polar surface area (TPSA) is 85.2 Å². The molecule has 0 aliphatic carbocycles. The van der Waals surface area contributed by atoms with Crippen LogP contribution in [0.25, 0.3) is 0 Å². The van der Waals surface area contributed by atoms with Gasteiger partial charge in [-0.3, -0.25) is 9.59 Å². The van der Waals surface area contributed by atoms with E-state index in [1.165, 1.54) is 0 Å². The molecule has 2 amide bonds. The molecule has 3 rings (SSSR count). The number of carbonyl (C=O) groups is 2. The van der Waals surface area contributed by atoms with Crippen LogP contribution < -0.4 is 15.5 Å². The summed E-state index contributed by atoms with van der Waals surface area (Å²) in [5, 5.41) is 15.1. The summed E-state index contributed by atoms with van der Waals surface area (Å²) in [6, 6.07) is 14.1. The molecule has 6 nitrogen and oxygen atoms in total. The van der Waals surface area contributed by atoms with E-state index < -0.39 is 0 Å². The van der Waals surface area contributed by atoms with E-state index in [0.717, 1.165) is 18.7 Å². The Morgan fingerprint density at radius 3 is 2.58 bits per heavy atom. The first kappa shape index (κ1) is 17.8. The Bertz CT molecular complexity index is 874. The molecule has 0 aromatic heterocycles. The van der Waals surface area contributed by atoms with Crippen molar-refractivity contribution in [1.82, 2.24) is 0 Å². The minimum absolute atomic E-state index is 0.0544. The van der Waals surface area contributed by atoms with Gasteiger partial charge in [-0.15, -0.1) is 0 Å². The van der Waals surface area contributed by atoms with Crippen LogP contribution in [0.3, 0.4) is 0 Å². The second kappa shape index (κ2) is 7.89. The molecular weight excluding hydrogens is 352 g/mol. The van der Waals surface area contributed by atoms with Gasteiger partial charge in [-0.2, -0.15) is 5.26 Å². The summed E-state index contributed by atoms with van der Waals surface area (Å²) in [7, 11) is 0. The molecule has 1 heterocycles. The van der Waals surface area contributed by atoms with Gasteiger partial charge in [-0.1, -0.05) is 11.6 Å². The monoisotopic (exact) mass is 368 g/mol. The van der Waals surface area contributed by atoms with E-state index in [1.54, 1.807) is 35.2 Å². The summed E-state index contributed by atoms with van der Waals surface area (Å²) in [5.41, 5.74) is 2.49. The molecule has 1 saturated heterocycles. The normalized spacial score (nSPS) is 13.4. The van der Waals surface area contributed by atoms with Crippen LogP contribution in [-0.4, -0.2) is 24.9 Å². The Hall–Kier alpha value is -3.04. The van der Waals surface area contributed by atoms with Crippen LogP contribution in [0, 0.1) is 11.3 Å². The van der Waals surface area contributed by atoms with E-state index in [2.05, 4.69) is 10.6 Å². The minimum atomic E-state index is -0.219. The van der Waals surface area contributed by atoms with Gasteiger partial charge < -0.3 is 15.5 Å². The second-order valence-electron chi connectivity index (χ2n) is 5.90. The summed E-state index contributed by atoms with van der Waals surface area (Å²) in [6.45, 7) is 0.791. The average molecular weight is 369 g/mol. The van der Waals surface area contributed by atoms with E-state index in [1.807, 2.05) is 18.2 Å². The van der Waals surface area contributed by atoms with Gasteiger partial charge in [0.15, 0.2) is 0 Å². The number of nitrogens with one attached hydrogen (secondary N) is 2. The van der Waals surface area contributed by atoms with E-state index >= 15 is 0 Å². The Kier molecular flexibility index (Phi) is 5.40. The molecule has 26 heavy (non-hydrogen) atoms. The zero-order chi connectivity index (χ0) is 18.5. The number of hydrogen-bond donors (Lipinski definition) is 2. The standard InChI is InChI=1S/C19H17ClN4O2/c20-17-8-5-15(10-13(17)11-21)22-12-18(25)23-14-3-6-16(7-4-14)24-9-1-2-19(24)26/h3-8,10,22H,1-2,9,12H2,(H,23,25). The third-order valence-electron chi connectivity index (χ3n) is 4.08. The maximum Gasteiger partial charge on any atom is 0.243 e. The number of nitriles is 1. The molecule has 1 fully saturated rings. The van der Waals surface area contributed by atoms with Gasteiger partial charge in [0.25, 0.3) is 0 Å². The van der Waals surface area contributed by atoms with Crippen LogP contribution in [-0.2, 0) is 9.59 Å². The van der Waals surface area contributed by atoms with Crippen molar-refractivity contribution in [2.75, 3.05) is 28.6 Å². The van der Waals surface area contributed by atoms with Gasteiger partial charge in [0, 0.05) is 30.0 Å². The van der Waals surface area contributed by atoms with Crippen LogP contribution in [0.1, 0.15) is 18.4 Å². The van der Waals surface area contributed by atoms with Crippen molar-refractivity contribution in [2.45, 2.75) is 12.8 Å². The molecule has 1 aliphatic heterocycles. The predicted octanol–water partition coefficient (Wildman–Crippen LogP) is 3.39. The Labute approximate surface area is 156 Å². The third-order valence-corrected chi connectivity index (χ3v) is 4.41. The van der Waals surface area contributed by atoms with Crippen molar-refractivity contribution in [3.63, 3.8) is 0 Å². The molecule has 0 radical (unpaired) electrons. The highest BCUT2D eigenvalue weighted by Crippen LogP contribution is 2.23. The first-order valence-electron chi connectivity index (χ1n) is 8.20. The Morgan fingerprint density at radius 1 is 1.19 bits per heavy atom. The molecule has 1 aliphatic rings. The summed E-state index contributed by atoms with van der Waals surface area (Å²) in [5.74, 6) is -0.0888.